The number of fused-ring (bicyclic) bond motifs is 19. The van der Waals surface area contributed by atoms with Crippen LogP contribution in [0.15, 0.2) is 491 Å². The van der Waals surface area contributed by atoms with Gasteiger partial charge < -0.3 is 32.3 Å². The number of rotatable bonds is 15. The summed E-state index contributed by atoms with van der Waals surface area (Å²) in [5, 5.41) is 15.2. The van der Waals surface area contributed by atoms with Crippen LogP contribution in [-0.4, -0.2) is 37.4 Å². The highest BCUT2D eigenvalue weighted by molar-refractivity contribution is 6.18. The lowest BCUT2D eigenvalue weighted by atomic mass is 9.98. The molecule has 28 rings (SSSR count). The highest BCUT2D eigenvalue weighted by atomic mass is 15.1. The molecular weight excluding hydrogens is 1660 g/mol. The van der Waals surface area contributed by atoms with Gasteiger partial charge in [-0.1, -0.05) is 261 Å². The lowest BCUT2D eigenvalue weighted by Gasteiger charge is -2.25. The molecule has 7 heterocycles. The fourth-order valence-corrected chi connectivity index (χ4v) is 22.2. The van der Waals surface area contributed by atoms with E-state index in [0.717, 1.165) is 167 Å². The van der Waals surface area contributed by atoms with Crippen molar-refractivity contribution in [3.05, 3.63) is 491 Å². The van der Waals surface area contributed by atoms with Crippen LogP contribution in [0.1, 0.15) is 0 Å². The molecular formula is C128H81N9. The molecule has 0 aliphatic carbocycles. The van der Waals surface area contributed by atoms with Gasteiger partial charge in [-0.05, 0) is 275 Å². The third-order valence-electron chi connectivity index (χ3n) is 28.3. The van der Waals surface area contributed by atoms with Gasteiger partial charge in [-0.3, -0.25) is 0 Å². The van der Waals surface area contributed by atoms with Crippen molar-refractivity contribution < 1.29 is 0 Å². The number of anilines is 3. The lowest BCUT2D eigenvalue weighted by Crippen LogP contribution is -2.09. The largest absolute Gasteiger partial charge is 0.310 e. The molecule has 638 valence electrons. The molecule has 0 atom stereocenters. The summed E-state index contributed by atoms with van der Waals surface area (Å²) in [6.45, 7) is 0. The SMILES string of the molecule is c1ccc(N(c2ccccc2)c2ccc3c(c2)c2ccccc2n3-c2cccc(-c3ccc4nc(-c5cccc(-n6c7ccccc7c7cc(-c8ccc9c(c8)c8ccccc8n9-c8ccccc8)ccc76)c5)nc(-c5cccc(-n6c7ccc(-c8ccc9c(c8)c8ccccc8n9-c8ccccc8)cc7c7cc(-c8ccc9c(c8)c8ccccc8n9-c8ccccc8)ccc76)c5)c4c3)c2)cc1. The summed E-state index contributed by atoms with van der Waals surface area (Å²) in [7, 11) is 0. The third-order valence-corrected chi connectivity index (χ3v) is 28.3. The highest BCUT2D eigenvalue weighted by Gasteiger charge is 2.26. The van der Waals surface area contributed by atoms with Crippen molar-refractivity contribution in [1.82, 2.24) is 37.4 Å². The first-order chi connectivity index (χ1) is 67.9. The van der Waals surface area contributed by atoms with Crippen LogP contribution in [0, 0.1) is 0 Å². The van der Waals surface area contributed by atoms with Crippen LogP contribution in [-0.2, 0) is 0 Å². The second-order valence-electron chi connectivity index (χ2n) is 36.0. The van der Waals surface area contributed by atoms with Gasteiger partial charge >= 0.3 is 0 Å². The van der Waals surface area contributed by atoms with Crippen LogP contribution in [0.2, 0.25) is 0 Å². The lowest BCUT2D eigenvalue weighted by molar-refractivity contribution is 1.17. The first-order valence-electron chi connectivity index (χ1n) is 46.9. The van der Waals surface area contributed by atoms with Gasteiger partial charge in [0.1, 0.15) is 0 Å². The van der Waals surface area contributed by atoms with E-state index in [4.69, 9.17) is 9.97 Å². The van der Waals surface area contributed by atoms with Gasteiger partial charge in [0.2, 0.25) is 0 Å². The van der Waals surface area contributed by atoms with Crippen LogP contribution in [0.3, 0.4) is 0 Å². The molecule has 0 spiro atoms. The number of aromatic nitrogens is 8. The Labute approximate surface area is 788 Å². The van der Waals surface area contributed by atoms with Crippen molar-refractivity contribution in [1.29, 1.82) is 0 Å². The van der Waals surface area contributed by atoms with Crippen LogP contribution >= 0.6 is 0 Å². The molecule has 0 fully saturated rings. The zero-order chi connectivity index (χ0) is 89.9. The maximum atomic E-state index is 5.93. The first kappa shape index (κ1) is 77.3. The van der Waals surface area contributed by atoms with Crippen LogP contribution in [0.25, 0.3) is 243 Å². The summed E-state index contributed by atoms with van der Waals surface area (Å²) in [6, 6.07) is 180. The Morgan fingerprint density at radius 1 is 0.139 bits per heavy atom. The maximum Gasteiger partial charge on any atom is 0.160 e. The van der Waals surface area contributed by atoms with Crippen LogP contribution in [0.4, 0.5) is 17.1 Å². The van der Waals surface area contributed by atoms with E-state index in [1.807, 2.05) is 0 Å². The van der Waals surface area contributed by atoms with Crippen LogP contribution < -0.4 is 4.90 Å². The third kappa shape index (κ3) is 12.5. The molecule has 0 saturated carbocycles. The molecule has 9 heteroatoms. The molecule has 28 aromatic rings. The Kier molecular flexibility index (Phi) is 17.6. The monoisotopic (exact) mass is 1740 g/mol. The maximum absolute atomic E-state index is 5.93. The normalized spacial score (nSPS) is 11.9. The summed E-state index contributed by atoms with van der Waals surface area (Å²) < 4.78 is 14.5. The van der Waals surface area contributed by atoms with Gasteiger partial charge in [0.15, 0.2) is 5.82 Å². The summed E-state index contributed by atoms with van der Waals surface area (Å²) in [5.41, 5.74) is 35.9. The molecule has 0 bridgehead atoms. The van der Waals surface area contributed by atoms with Crippen molar-refractivity contribution in [3.63, 3.8) is 0 Å². The number of hydrogen-bond donors (Lipinski definition) is 0. The molecule has 0 amide bonds. The van der Waals surface area contributed by atoms with Gasteiger partial charge in [-0.2, -0.15) is 0 Å². The Morgan fingerprint density at radius 2 is 0.380 bits per heavy atom. The van der Waals surface area contributed by atoms with Crippen molar-refractivity contribution in [2.24, 2.45) is 0 Å². The van der Waals surface area contributed by atoms with E-state index in [1.165, 1.54) is 87.0 Å². The van der Waals surface area contributed by atoms with Crippen molar-refractivity contribution in [2.45, 2.75) is 0 Å². The Hall–Kier alpha value is -18.4. The van der Waals surface area contributed by atoms with Crippen LogP contribution in [0.5, 0.6) is 0 Å². The summed E-state index contributed by atoms with van der Waals surface area (Å²) in [6.07, 6.45) is 0. The number of nitrogens with zero attached hydrogens (tertiary/aromatic N) is 9. The molecule has 9 nitrogen and oxygen atoms in total. The quantitative estimate of drug-likeness (QED) is 0.103. The predicted molar refractivity (Wildman–Crippen MR) is 573 cm³/mol. The van der Waals surface area contributed by atoms with Crippen molar-refractivity contribution >= 4 is 159 Å². The molecule has 0 radical (unpaired) electrons. The van der Waals surface area contributed by atoms with Crippen molar-refractivity contribution in [2.75, 3.05) is 4.90 Å². The average molecular weight is 1750 g/mol. The Balaban J connectivity index is 0.609. The van der Waals surface area contributed by atoms with Gasteiger partial charge in [0.25, 0.3) is 0 Å². The standard InChI is InChI=1S/C128H81N9/c1-6-32-92(33-7-1)131(93-34-8-2-9-35-93)100-62-70-126-112(81-100)105-49-20-25-54-119(105)135(126)97-42-26-29-82(71-97)83-55-63-114-113(80-83)127(130-128(129-114)91-31-28-44-99(73-91)136-118-53-24-19-48-104(118)109-77-85(59-67-123(109)136)84-56-64-120-106(74-84)101-45-16-21-50-115(101)132(120)94-36-10-3-11-37-94)90-30-27-43-98(72-90)137-124-68-60-88(86-57-65-121-107(75-86)102-46-17-22-51-116(102)133(121)95-38-12-4-13-39-95)78-110(124)111-79-89(61-69-125(111)137)87-58-66-122-108(76-87)103-47-18-23-52-117(103)134(122)96-40-14-5-15-41-96/h1-81H. The summed E-state index contributed by atoms with van der Waals surface area (Å²) >= 11 is 0. The first-order valence-corrected chi connectivity index (χ1v) is 46.9. The van der Waals surface area contributed by atoms with Crippen molar-refractivity contribution in [3.8, 4) is 101 Å². The second kappa shape index (κ2) is 31.1. The number of para-hydroxylation sites is 10. The van der Waals surface area contributed by atoms with E-state index in [9.17, 15) is 0 Å². The van der Waals surface area contributed by atoms with E-state index in [1.54, 1.807) is 0 Å². The molecule has 21 aromatic carbocycles. The minimum Gasteiger partial charge on any atom is -0.310 e. The molecule has 0 N–H and O–H groups in total. The van der Waals surface area contributed by atoms with E-state index < -0.39 is 0 Å². The molecule has 137 heavy (non-hydrogen) atoms. The fourth-order valence-electron chi connectivity index (χ4n) is 22.2. The zero-order valence-electron chi connectivity index (χ0n) is 74.3. The predicted octanol–water partition coefficient (Wildman–Crippen LogP) is 33.7. The average Bonchev–Trinajstić information content (AvgIpc) is 1.58. The second-order valence-corrected chi connectivity index (χ2v) is 36.0. The molecule has 0 unspecified atom stereocenters. The summed E-state index contributed by atoms with van der Waals surface area (Å²) in [4.78, 5) is 13.9. The molecule has 0 aliphatic heterocycles. The molecule has 0 saturated heterocycles. The topological polar surface area (TPSA) is 58.6 Å². The van der Waals surface area contributed by atoms with Gasteiger partial charge in [-0.25, -0.2) is 9.97 Å². The van der Waals surface area contributed by atoms with Gasteiger partial charge in [0.05, 0.1) is 77.4 Å². The number of benzene rings is 21. The van der Waals surface area contributed by atoms with E-state index in [0.29, 0.717) is 5.82 Å². The highest BCUT2D eigenvalue weighted by Crippen LogP contribution is 2.48. The van der Waals surface area contributed by atoms with E-state index in [-0.39, 0.29) is 0 Å². The zero-order valence-corrected chi connectivity index (χ0v) is 74.3. The Bertz CT molecular complexity index is 9550. The molecule has 7 aromatic heterocycles. The van der Waals surface area contributed by atoms with E-state index in [2.05, 4.69) is 524 Å². The summed E-state index contributed by atoms with van der Waals surface area (Å²) in [5.74, 6) is 0.620. The minimum absolute atomic E-state index is 0.620. The Morgan fingerprint density at radius 3 is 0.737 bits per heavy atom. The minimum atomic E-state index is 0.620. The van der Waals surface area contributed by atoms with E-state index >= 15 is 0 Å². The smallest absolute Gasteiger partial charge is 0.160 e. The van der Waals surface area contributed by atoms with Gasteiger partial charge in [-0.15, -0.1) is 0 Å². The number of hydrogen-bond acceptors (Lipinski definition) is 3. The van der Waals surface area contributed by atoms with Gasteiger partial charge in [0, 0.05) is 132 Å². The fraction of sp³-hybridized carbons (Fsp3) is 0. The molecule has 0 aliphatic rings.